The molecule has 1 aliphatic heterocycles. The minimum absolute atomic E-state index is 0.220. The first-order chi connectivity index (χ1) is 12.3. The van der Waals surface area contributed by atoms with Gasteiger partial charge in [-0.2, -0.15) is 5.26 Å². The summed E-state index contributed by atoms with van der Waals surface area (Å²) in [6.45, 7) is 8.43. The van der Waals surface area contributed by atoms with Gasteiger partial charge in [0.05, 0.1) is 29.7 Å². The van der Waals surface area contributed by atoms with Gasteiger partial charge in [0.15, 0.2) is 0 Å². The molecule has 1 aliphatic rings. The highest BCUT2D eigenvalue weighted by atomic mass is 16.5. The summed E-state index contributed by atoms with van der Waals surface area (Å²) >= 11 is 0. The van der Waals surface area contributed by atoms with Crippen molar-refractivity contribution in [3.8, 4) is 11.8 Å². The van der Waals surface area contributed by atoms with Crippen molar-refractivity contribution in [2.75, 3.05) is 6.61 Å². The van der Waals surface area contributed by atoms with E-state index in [1.807, 2.05) is 0 Å². The third-order valence-electron chi connectivity index (χ3n) is 4.04. The second-order valence-corrected chi connectivity index (χ2v) is 5.93. The molecule has 6 heteroatoms. The van der Waals surface area contributed by atoms with Crippen LogP contribution in [0.2, 0.25) is 0 Å². The van der Waals surface area contributed by atoms with Crippen LogP contribution < -0.4 is 4.74 Å². The maximum Gasteiger partial charge on any atom is 0.338 e. The smallest absolute Gasteiger partial charge is 0.338 e. The molecule has 1 aromatic rings. The molecular weight excluding hydrogens is 334 g/mol. The first-order valence-electron chi connectivity index (χ1n) is 8.25. The number of rotatable bonds is 4. The number of hydrogen-bond donors (Lipinski definition) is 0. The summed E-state index contributed by atoms with van der Waals surface area (Å²) in [5, 5.41) is 9.62. The summed E-state index contributed by atoms with van der Waals surface area (Å²) in [5.41, 5.74) is 2.09. The molecule has 0 spiro atoms. The zero-order valence-electron chi connectivity index (χ0n) is 15.5. The second-order valence-electron chi connectivity index (χ2n) is 5.93. The van der Waals surface area contributed by atoms with Crippen molar-refractivity contribution in [2.24, 2.45) is 0 Å². The number of carbonyl (C=O) groups is 2. The molecule has 0 radical (unpaired) electrons. The van der Waals surface area contributed by atoms with E-state index < -0.39 is 17.9 Å². The van der Waals surface area contributed by atoms with Gasteiger partial charge in [-0.15, -0.1) is 0 Å². The summed E-state index contributed by atoms with van der Waals surface area (Å²) < 4.78 is 15.9. The first-order valence-corrected chi connectivity index (χ1v) is 8.25. The van der Waals surface area contributed by atoms with Crippen LogP contribution in [0.1, 0.15) is 44.7 Å². The van der Waals surface area contributed by atoms with Crippen LogP contribution in [0.5, 0.6) is 5.75 Å². The standard InChI is InChI=1S/C20H21NO5/c1-6-24-20(23)18-13(4)25-12(3)16(10-21)19(18)15-7-8-17(11(2)9-15)26-14(5)22/h7-9,19H,6H2,1-5H3. The molecule has 1 unspecified atom stereocenters. The summed E-state index contributed by atoms with van der Waals surface area (Å²) in [5.74, 6) is -0.236. The molecule has 0 bridgehead atoms. The van der Waals surface area contributed by atoms with Crippen LogP contribution in [-0.2, 0) is 19.1 Å². The average molecular weight is 355 g/mol. The van der Waals surface area contributed by atoms with Crippen LogP contribution in [0, 0.1) is 18.3 Å². The highest BCUT2D eigenvalue weighted by Crippen LogP contribution is 2.41. The average Bonchev–Trinajstić information content (AvgIpc) is 2.55. The predicted molar refractivity (Wildman–Crippen MR) is 94.0 cm³/mol. The van der Waals surface area contributed by atoms with Crippen molar-refractivity contribution in [1.29, 1.82) is 5.26 Å². The Kier molecular flexibility index (Phi) is 5.83. The number of benzene rings is 1. The van der Waals surface area contributed by atoms with Crippen molar-refractivity contribution < 1.29 is 23.8 Å². The van der Waals surface area contributed by atoms with Gasteiger partial charge in [-0.1, -0.05) is 12.1 Å². The van der Waals surface area contributed by atoms with Crippen molar-refractivity contribution >= 4 is 11.9 Å². The van der Waals surface area contributed by atoms with Crippen LogP contribution in [0.3, 0.4) is 0 Å². The molecule has 0 saturated carbocycles. The van der Waals surface area contributed by atoms with Crippen LogP contribution in [-0.4, -0.2) is 18.5 Å². The quantitative estimate of drug-likeness (QED) is 0.605. The SMILES string of the molecule is CCOC(=O)C1=C(C)OC(C)=C(C#N)C1c1ccc(OC(C)=O)c(C)c1. The minimum Gasteiger partial charge on any atom is -0.465 e. The fraction of sp³-hybridized carbons (Fsp3) is 0.350. The van der Waals surface area contributed by atoms with Crippen LogP contribution in [0.15, 0.2) is 40.9 Å². The van der Waals surface area contributed by atoms with E-state index in [1.165, 1.54) is 6.92 Å². The molecule has 26 heavy (non-hydrogen) atoms. The molecule has 2 rings (SSSR count). The van der Waals surface area contributed by atoms with Gasteiger partial charge in [-0.25, -0.2) is 4.79 Å². The second kappa shape index (κ2) is 7.87. The zero-order valence-corrected chi connectivity index (χ0v) is 15.5. The van der Waals surface area contributed by atoms with Gasteiger partial charge in [0, 0.05) is 6.92 Å². The van der Waals surface area contributed by atoms with Crippen molar-refractivity contribution in [3.05, 3.63) is 52.0 Å². The van der Waals surface area contributed by atoms with Gasteiger partial charge in [-0.05, 0) is 44.9 Å². The van der Waals surface area contributed by atoms with E-state index in [-0.39, 0.29) is 6.61 Å². The fourth-order valence-electron chi connectivity index (χ4n) is 2.96. The van der Waals surface area contributed by atoms with Gasteiger partial charge in [-0.3, -0.25) is 4.79 Å². The number of allylic oxidation sites excluding steroid dienone is 3. The van der Waals surface area contributed by atoms with Crippen LogP contribution in [0.4, 0.5) is 0 Å². The van der Waals surface area contributed by atoms with E-state index in [2.05, 4.69) is 6.07 Å². The summed E-state index contributed by atoms with van der Waals surface area (Å²) in [7, 11) is 0. The van der Waals surface area contributed by atoms with Gasteiger partial charge < -0.3 is 14.2 Å². The summed E-state index contributed by atoms with van der Waals surface area (Å²) in [6.07, 6.45) is 0. The van der Waals surface area contributed by atoms with E-state index >= 15 is 0 Å². The summed E-state index contributed by atoms with van der Waals surface area (Å²) in [4.78, 5) is 23.7. The molecule has 0 saturated heterocycles. The number of aryl methyl sites for hydroxylation is 1. The molecule has 0 aromatic heterocycles. The molecule has 6 nitrogen and oxygen atoms in total. The van der Waals surface area contributed by atoms with Crippen molar-refractivity contribution in [3.63, 3.8) is 0 Å². The van der Waals surface area contributed by atoms with E-state index in [0.717, 1.165) is 11.1 Å². The molecule has 1 atom stereocenters. The molecule has 0 N–H and O–H groups in total. The van der Waals surface area contributed by atoms with Crippen molar-refractivity contribution in [1.82, 2.24) is 0 Å². The molecule has 0 amide bonds. The van der Waals surface area contributed by atoms with Gasteiger partial charge in [0.2, 0.25) is 0 Å². The third-order valence-corrected chi connectivity index (χ3v) is 4.04. The van der Waals surface area contributed by atoms with Gasteiger partial charge in [0.25, 0.3) is 0 Å². The number of nitriles is 1. The lowest BCUT2D eigenvalue weighted by Crippen LogP contribution is -2.23. The normalized spacial score (nSPS) is 16.7. The Bertz CT molecular complexity index is 857. The lowest BCUT2D eigenvalue weighted by atomic mass is 9.82. The maximum atomic E-state index is 12.5. The molecule has 0 fully saturated rings. The minimum atomic E-state index is -0.599. The number of ether oxygens (including phenoxy) is 3. The van der Waals surface area contributed by atoms with E-state index in [4.69, 9.17) is 14.2 Å². The fourth-order valence-corrected chi connectivity index (χ4v) is 2.96. The van der Waals surface area contributed by atoms with Gasteiger partial charge in [0.1, 0.15) is 17.3 Å². The van der Waals surface area contributed by atoms with Crippen LogP contribution >= 0.6 is 0 Å². The van der Waals surface area contributed by atoms with E-state index in [0.29, 0.717) is 28.4 Å². The Morgan fingerprint density at radius 1 is 1.23 bits per heavy atom. The maximum absolute atomic E-state index is 12.5. The number of nitrogens with zero attached hydrogens (tertiary/aromatic N) is 1. The molecule has 1 heterocycles. The Balaban J connectivity index is 2.58. The largest absolute Gasteiger partial charge is 0.465 e. The number of hydrogen-bond acceptors (Lipinski definition) is 6. The Hall–Kier alpha value is -3.07. The Morgan fingerprint density at radius 3 is 2.46 bits per heavy atom. The van der Waals surface area contributed by atoms with E-state index in [1.54, 1.807) is 45.9 Å². The Labute approximate surface area is 152 Å². The predicted octanol–water partition coefficient (Wildman–Crippen LogP) is 3.67. The lowest BCUT2D eigenvalue weighted by Gasteiger charge is -2.27. The molecule has 136 valence electrons. The highest BCUT2D eigenvalue weighted by molar-refractivity contribution is 5.92. The van der Waals surface area contributed by atoms with Crippen LogP contribution in [0.25, 0.3) is 0 Å². The Morgan fingerprint density at radius 2 is 1.92 bits per heavy atom. The monoisotopic (exact) mass is 355 g/mol. The molecular formula is C20H21NO5. The molecule has 0 aliphatic carbocycles. The number of esters is 2. The lowest BCUT2D eigenvalue weighted by molar-refractivity contribution is -0.139. The topological polar surface area (TPSA) is 85.6 Å². The summed E-state index contributed by atoms with van der Waals surface area (Å²) in [6, 6.07) is 7.33. The third kappa shape index (κ3) is 3.77. The van der Waals surface area contributed by atoms with Gasteiger partial charge >= 0.3 is 11.9 Å². The number of carbonyl (C=O) groups excluding carboxylic acids is 2. The molecule has 1 aromatic carbocycles. The zero-order chi connectivity index (χ0) is 19.4. The van der Waals surface area contributed by atoms with E-state index in [9.17, 15) is 14.9 Å². The first kappa shape index (κ1) is 19.3. The highest BCUT2D eigenvalue weighted by Gasteiger charge is 2.35. The van der Waals surface area contributed by atoms with Crippen molar-refractivity contribution in [2.45, 2.75) is 40.5 Å².